The number of fused-ring (bicyclic) bond motifs is 1. The summed E-state index contributed by atoms with van der Waals surface area (Å²) in [5.41, 5.74) is -2.00. The van der Waals surface area contributed by atoms with Crippen LogP contribution in [-0.4, -0.2) is 25.9 Å². The van der Waals surface area contributed by atoms with Crippen molar-refractivity contribution in [2.24, 2.45) is 23.2 Å². The number of hydrogen-bond acceptors (Lipinski definition) is 2. The van der Waals surface area contributed by atoms with E-state index in [4.69, 9.17) is 4.43 Å². The standard InChI is InChI=1S/C21H37F3O2Si/c1-15(16-11-12-17-18(25)10-8-13-19(16,17)2)9-7-14-20(3,21(22,23)24)26-27(4,5)6/h15-17H,7-14H2,1-6H3/t15?,16-,17+,19-,20-/m1/s1. The maximum absolute atomic E-state index is 13.6. The van der Waals surface area contributed by atoms with Gasteiger partial charge in [-0.3, -0.25) is 4.79 Å². The van der Waals surface area contributed by atoms with E-state index in [1.165, 1.54) is 6.92 Å². The Morgan fingerprint density at radius 2 is 1.89 bits per heavy atom. The molecule has 2 aliphatic carbocycles. The Bertz CT molecular complexity index is 543. The highest BCUT2D eigenvalue weighted by molar-refractivity contribution is 6.69. The molecular formula is C21H37F3O2Si. The Morgan fingerprint density at radius 1 is 1.26 bits per heavy atom. The Hall–Kier alpha value is -0.363. The molecule has 0 saturated heterocycles. The molecule has 0 radical (unpaired) electrons. The average molecular weight is 407 g/mol. The number of Topliss-reactive ketones (excluding diaryl/α,β-unsaturated/α-hetero) is 1. The second-order valence-electron chi connectivity index (χ2n) is 10.4. The first-order valence-corrected chi connectivity index (χ1v) is 13.9. The first-order chi connectivity index (χ1) is 12.2. The van der Waals surface area contributed by atoms with Crippen molar-refractivity contribution < 1.29 is 22.4 Å². The predicted molar refractivity (Wildman–Crippen MR) is 105 cm³/mol. The van der Waals surface area contributed by atoms with Crippen molar-refractivity contribution in [1.29, 1.82) is 0 Å². The van der Waals surface area contributed by atoms with Gasteiger partial charge >= 0.3 is 6.18 Å². The molecule has 0 bridgehead atoms. The lowest BCUT2D eigenvalue weighted by atomic mass is 9.62. The van der Waals surface area contributed by atoms with Crippen molar-refractivity contribution in [2.45, 2.75) is 104 Å². The zero-order chi connectivity index (χ0) is 20.7. The van der Waals surface area contributed by atoms with Crippen LogP contribution in [-0.2, 0) is 9.22 Å². The van der Waals surface area contributed by atoms with Crippen molar-refractivity contribution in [1.82, 2.24) is 0 Å². The molecule has 2 fully saturated rings. The monoisotopic (exact) mass is 406 g/mol. The summed E-state index contributed by atoms with van der Waals surface area (Å²) < 4.78 is 46.5. The molecule has 2 aliphatic rings. The van der Waals surface area contributed by atoms with Crippen molar-refractivity contribution in [3.05, 3.63) is 0 Å². The Kier molecular flexibility index (Phi) is 6.63. The van der Waals surface area contributed by atoms with Crippen LogP contribution >= 0.6 is 0 Å². The van der Waals surface area contributed by atoms with Crippen LogP contribution in [0.5, 0.6) is 0 Å². The molecule has 0 aromatic rings. The van der Waals surface area contributed by atoms with E-state index in [0.29, 0.717) is 30.5 Å². The number of halogens is 3. The van der Waals surface area contributed by atoms with E-state index in [0.717, 1.165) is 32.1 Å². The van der Waals surface area contributed by atoms with Crippen LogP contribution in [0.15, 0.2) is 0 Å². The number of carbonyl (C=O) groups excluding carboxylic acids is 1. The molecule has 27 heavy (non-hydrogen) atoms. The zero-order valence-corrected chi connectivity index (χ0v) is 18.8. The lowest BCUT2D eigenvalue weighted by Gasteiger charge is -2.42. The number of hydrogen-bond donors (Lipinski definition) is 0. The fraction of sp³-hybridized carbons (Fsp3) is 0.952. The number of ketones is 1. The molecule has 0 amide bonds. The number of alkyl halides is 3. The Labute approximate surface area is 163 Å². The molecule has 2 nitrogen and oxygen atoms in total. The molecular weight excluding hydrogens is 369 g/mol. The SMILES string of the molecule is CC(CCC[C@@](C)(O[Si](C)(C)C)C(F)(F)F)[C@H]1CC[C@H]2C(=O)CCC[C@]12C. The van der Waals surface area contributed by atoms with Gasteiger partial charge in [0.15, 0.2) is 8.32 Å². The lowest BCUT2D eigenvalue weighted by Crippen LogP contribution is -2.51. The molecule has 2 saturated carbocycles. The zero-order valence-electron chi connectivity index (χ0n) is 17.8. The van der Waals surface area contributed by atoms with E-state index in [-0.39, 0.29) is 17.8 Å². The second-order valence-corrected chi connectivity index (χ2v) is 14.8. The molecule has 6 heteroatoms. The molecule has 0 heterocycles. The van der Waals surface area contributed by atoms with Gasteiger partial charge in [-0.1, -0.05) is 26.7 Å². The van der Waals surface area contributed by atoms with E-state index in [1.807, 2.05) is 0 Å². The van der Waals surface area contributed by atoms with Gasteiger partial charge in [-0.25, -0.2) is 0 Å². The largest absolute Gasteiger partial charge is 0.416 e. The molecule has 1 unspecified atom stereocenters. The van der Waals surface area contributed by atoms with Gasteiger partial charge in [-0.05, 0) is 75.9 Å². The van der Waals surface area contributed by atoms with Crippen LogP contribution in [0.4, 0.5) is 13.2 Å². The van der Waals surface area contributed by atoms with E-state index >= 15 is 0 Å². The quantitative estimate of drug-likeness (QED) is 0.437. The van der Waals surface area contributed by atoms with Crippen molar-refractivity contribution >= 4 is 14.1 Å². The van der Waals surface area contributed by atoms with E-state index in [9.17, 15) is 18.0 Å². The Balaban J connectivity index is 1.98. The third-order valence-corrected chi connectivity index (χ3v) is 8.13. The molecule has 5 atom stereocenters. The van der Waals surface area contributed by atoms with Gasteiger partial charge in [0.05, 0.1) is 0 Å². The van der Waals surface area contributed by atoms with Gasteiger partial charge in [0.1, 0.15) is 11.4 Å². The summed E-state index contributed by atoms with van der Waals surface area (Å²) in [6.07, 6.45) is 1.68. The first kappa shape index (κ1) is 22.9. The van der Waals surface area contributed by atoms with E-state index in [1.54, 1.807) is 19.6 Å². The second kappa shape index (κ2) is 7.81. The fourth-order valence-corrected chi connectivity index (χ4v) is 7.36. The van der Waals surface area contributed by atoms with Gasteiger partial charge in [-0.2, -0.15) is 13.2 Å². The van der Waals surface area contributed by atoms with Gasteiger partial charge < -0.3 is 4.43 Å². The topological polar surface area (TPSA) is 26.3 Å². The lowest BCUT2D eigenvalue weighted by molar-refractivity contribution is -0.247. The van der Waals surface area contributed by atoms with Gasteiger partial charge in [-0.15, -0.1) is 0 Å². The van der Waals surface area contributed by atoms with Gasteiger partial charge in [0.25, 0.3) is 0 Å². The van der Waals surface area contributed by atoms with Crippen molar-refractivity contribution in [2.75, 3.05) is 0 Å². The summed E-state index contributed by atoms with van der Waals surface area (Å²) in [7, 11) is -2.31. The van der Waals surface area contributed by atoms with Crippen LogP contribution in [0, 0.1) is 23.2 Å². The molecule has 0 aromatic heterocycles. The fourth-order valence-electron chi connectivity index (χ4n) is 5.79. The normalized spacial score (nSPS) is 32.9. The van der Waals surface area contributed by atoms with Crippen LogP contribution in [0.1, 0.15) is 72.1 Å². The summed E-state index contributed by atoms with van der Waals surface area (Å²) in [6.45, 7) is 11.0. The van der Waals surface area contributed by atoms with Crippen LogP contribution in [0.2, 0.25) is 19.6 Å². The maximum atomic E-state index is 13.6. The molecule has 0 aromatic carbocycles. The van der Waals surface area contributed by atoms with Crippen LogP contribution in [0.25, 0.3) is 0 Å². The molecule has 2 rings (SSSR count). The maximum Gasteiger partial charge on any atom is 0.416 e. The average Bonchev–Trinajstić information content (AvgIpc) is 2.82. The first-order valence-electron chi connectivity index (χ1n) is 10.5. The highest BCUT2D eigenvalue weighted by Gasteiger charge is 2.54. The molecule has 0 aliphatic heterocycles. The molecule has 0 spiro atoms. The minimum Gasteiger partial charge on any atom is -0.404 e. The number of rotatable bonds is 7. The van der Waals surface area contributed by atoms with Crippen LogP contribution < -0.4 is 0 Å². The number of carbonyl (C=O) groups is 1. The Morgan fingerprint density at radius 3 is 2.44 bits per heavy atom. The van der Waals surface area contributed by atoms with Crippen molar-refractivity contribution in [3.63, 3.8) is 0 Å². The summed E-state index contributed by atoms with van der Waals surface area (Å²) >= 11 is 0. The third kappa shape index (κ3) is 4.98. The third-order valence-electron chi connectivity index (χ3n) is 7.07. The summed E-state index contributed by atoms with van der Waals surface area (Å²) in [4.78, 5) is 12.3. The molecule has 0 N–H and O–H groups in total. The molecule has 158 valence electrons. The smallest absolute Gasteiger partial charge is 0.404 e. The van der Waals surface area contributed by atoms with Crippen molar-refractivity contribution in [3.8, 4) is 0 Å². The minimum atomic E-state index is -4.35. The summed E-state index contributed by atoms with van der Waals surface area (Å²) in [5, 5.41) is 0. The highest BCUT2D eigenvalue weighted by atomic mass is 28.4. The van der Waals surface area contributed by atoms with E-state index < -0.39 is 20.1 Å². The summed E-state index contributed by atoms with van der Waals surface area (Å²) in [5.74, 6) is 1.37. The van der Waals surface area contributed by atoms with Gasteiger partial charge in [0, 0.05) is 12.3 Å². The van der Waals surface area contributed by atoms with Gasteiger partial charge in [0.2, 0.25) is 0 Å². The summed E-state index contributed by atoms with van der Waals surface area (Å²) in [6, 6.07) is 0. The van der Waals surface area contributed by atoms with Crippen LogP contribution in [0.3, 0.4) is 0 Å². The highest BCUT2D eigenvalue weighted by Crippen LogP contribution is 2.57. The predicted octanol–water partition coefficient (Wildman–Crippen LogP) is 6.75. The minimum absolute atomic E-state index is 0.0108. The van der Waals surface area contributed by atoms with E-state index in [2.05, 4.69) is 13.8 Å².